The Bertz CT molecular complexity index is 736. The normalized spacial score (nSPS) is 16.0. The molecule has 1 fully saturated rings. The molecule has 0 saturated carbocycles. The SMILES string of the molecule is NCCNS(=O)(=O)c1cccc(NC(=O)CN2CCCCCCC2=O)c1. The number of rotatable bonds is 7. The van der Waals surface area contributed by atoms with Crippen molar-refractivity contribution in [2.45, 2.75) is 37.0 Å². The number of carbonyl (C=O) groups is 2. The van der Waals surface area contributed by atoms with Gasteiger partial charge in [-0.25, -0.2) is 13.1 Å². The van der Waals surface area contributed by atoms with E-state index in [1.807, 2.05) is 0 Å². The van der Waals surface area contributed by atoms with E-state index in [-0.39, 0.29) is 36.3 Å². The molecule has 1 aromatic rings. The zero-order valence-corrected chi connectivity index (χ0v) is 15.6. The average Bonchev–Trinajstić information content (AvgIpc) is 2.60. The van der Waals surface area contributed by atoms with Crippen molar-refractivity contribution in [3.05, 3.63) is 24.3 Å². The number of amides is 2. The van der Waals surface area contributed by atoms with Crippen molar-refractivity contribution in [3.63, 3.8) is 0 Å². The summed E-state index contributed by atoms with van der Waals surface area (Å²) in [5, 5.41) is 2.66. The highest BCUT2D eigenvalue weighted by Crippen LogP contribution is 2.16. The van der Waals surface area contributed by atoms with Gasteiger partial charge in [-0.05, 0) is 31.0 Å². The zero-order valence-electron chi connectivity index (χ0n) is 14.7. The Morgan fingerprint density at radius 3 is 2.73 bits per heavy atom. The van der Waals surface area contributed by atoms with Crippen molar-refractivity contribution in [2.24, 2.45) is 5.73 Å². The fourth-order valence-corrected chi connectivity index (χ4v) is 3.87. The van der Waals surface area contributed by atoms with Crippen LogP contribution < -0.4 is 15.8 Å². The predicted molar refractivity (Wildman–Crippen MR) is 99.0 cm³/mol. The molecule has 8 nitrogen and oxygen atoms in total. The number of nitrogens with zero attached hydrogens (tertiary/aromatic N) is 1. The maximum Gasteiger partial charge on any atom is 0.243 e. The molecule has 2 rings (SSSR count). The van der Waals surface area contributed by atoms with E-state index in [1.165, 1.54) is 12.1 Å². The Hall–Kier alpha value is -1.97. The molecule has 0 radical (unpaired) electrons. The number of likely N-dealkylation sites (tertiary alicyclic amines) is 1. The van der Waals surface area contributed by atoms with Gasteiger partial charge in [-0.1, -0.05) is 18.9 Å². The van der Waals surface area contributed by atoms with Gasteiger partial charge in [0.15, 0.2) is 0 Å². The largest absolute Gasteiger partial charge is 0.333 e. The number of anilines is 1. The molecule has 2 amide bonds. The summed E-state index contributed by atoms with van der Waals surface area (Å²) < 4.78 is 26.6. The first kappa shape index (κ1) is 20.3. The van der Waals surface area contributed by atoms with E-state index in [4.69, 9.17) is 5.73 Å². The Morgan fingerprint density at radius 1 is 1.19 bits per heavy atom. The van der Waals surface area contributed by atoms with Crippen molar-refractivity contribution >= 4 is 27.5 Å². The summed E-state index contributed by atoms with van der Waals surface area (Å²) in [6.45, 7) is 0.875. The van der Waals surface area contributed by atoms with Gasteiger partial charge in [0.1, 0.15) is 0 Å². The Kier molecular flexibility index (Phi) is 7.55. The van der Waals surface area contributed by atoms with Gasteiger partial charge in [0.25, 0.3) is 0 Å². The van der Waals surface area contributed by atoms with Crippen molar-refractivity contribution in [2.75, 3.05) is 31.5 Å². The second-order valence-electron chi connectivity index (χ2n) is 6.24. The fraction of sp³-hybridized carbons (Fsp3) is 0.529. The fourth-order valence-electron chi connectivity index (χ4n) is 2.77. The molecular weight excluding hydrogens is 356 g/mol. The van der Waals surface area contributed by atoms with Gasteiger partial charge in [-0.3, -0.25) is 9.59 Å². The Morgan fingerprint density at radius 2 is 1.96 bits per heavy atom. The molecule has 1 heterocycles. The summed E-state index contributed by atoms with van der Waals surface area (Å²) in [5.74, 6) is -0.356. The quantitative estimate of drug-likeness (QED) is 0.639. The number of benzene rings is 1. The molecule has 1 aromatic carbocycles. The van der Waals surface area contributed by atoms with Crippen LogP contribution in [-0.2, 0) is 19.6 Å². The minimum atomic E-state index is -3.67. The number of nitrogens with two attached hydrogens (primary N) is 1. The minimum absolute atomic E-state index is 0.0119. The molecule has 0 atom stereocenters. The van der Waals surface area contributed by atoms with Crippen LogP contribution in [0.3, 0.4) is 0 Å². The van der Waals surface area contributed by atoms with Gasteiger partial charge in [-0.2, -0.15) is 0 Å². The number of carbonyl (C=O) groups excluding carboxylic acids is 2. The van der Waals surface area contributed by atoms with E-state index < -0.39 is 10.0 Å². The van der Waals surface area contributed by atoms with Gasteiger partial charge in [0, 0.05) is 31.7 Å². The van der Waals surface area contributed by atoms with E-state index in [0.717, 1.165) is 25.7 Å². The van der Waals surface area contributed by atoms with Crippen LogP contribution in [-0.4, -0.2) is 51.3 Å². The summed E-state index contributed by atoms with van der Waals surface area (Å²) in [4.78, 5) is 26.0. The molecule has 26 heavy (non-hydrogen) atoms. The lowest BCUT2D eigenvalue weighted by Crippen LogP contribution is -2.39. The van der Waals surface area contributed by atoms with Gasteiger partial charge in [-0.15, -0.1) is 0 Å². The maximum absolute atomic E-state index is 12.3. The second kappa shape index (κ2) is 9.65. The summed E-state index contributed by atoms with van der Waals surface area (Å²) in [6, 6.07) is 5.98. The third kappa shape index (κ3) is 6.08. The molecule has 0 unspecified atom stereocenters. The standard InChI is InChI=1S/C17H26N4O4S/c18-9-10-19-26(24,25)15-7-5-6-14(12-15)20-16(22)13-21-11-4-2-1-3-8-17(21)23/h5-7,12,19H,1-4,8-11,13,18H2,(H,20,22). The number of hydrogen-bond acceptors (Lipinski definition) is 5. The van der Waals surface area contributed by atoms with Crippen molar-refractivity contribution in [1.29, 1.82) is 0 Å². The van der Waals surface area contributed by atoms with E-state index in [2.05, 4.69) is 10.0 Å². The first-order valence-electron chi connectivity index (χ1n) is 8.80. The third-order valence-corrected chi connectivity index (χ3v) is 5.58. The summed E-state index contributed by atoms with van der Waals surface area (Å²) in [5.41, 5.74) is 5.68. The van der Waals surface area contributed by atoms with E-state index in [0.29, 0.717) is 18.7 Å². The minimum Gasteiger partial charge on any atom is -0.333 e. The van der Waals surface area contributed by atoms with E-state index in [9.17, 15) is 18.0 Å². The smallest absolute Gasteiger partial charge is 0.243 e. The average molecular weight is 382 g/mol. The van der Waals surface area contributed by atoms with Crippen molar-refractivity contribution in [1.82, 2.24) is 9.62 Å². The van der Waals surface area contributed by atoms with Gasteiger partial charge in [0.05, 0.1) is 11.4 Å². The highest BCUT2D eigenvalue weighted by molar-refractivity contribution is 7.89. The first-order chi connectivity index (χ1) is 12.4. The topological polar surface area (TPSA) is 122 Å². The summed E-state index contributed by atoms with van der Waals surface area (Å²) >= 11 is 0. The molecule has 0 spiro atoms. The zero-order chi connectivity index (χ0) is 19.0. The van der Waals surface area contributed by atoms with Crippen LogP contribution in [0, 0.1) is 0 Å². The maximum atomic E-state index is 12.3. The molecule has 0 aromatic heterocycles. The van der Waals surface area contributed by atoms with Crippen molar-refractivity contribution < 1.29 is 18.0 Å². The number of sulfonamides is 1. The molecule has 1 saturated heterocycles. The van der Waals surface area contributed by atoms with E-state index in [1.54, 1.807) is 17.0 Å². The van der Waals surface area contributed by atoms with Gasteiger partial charge < -0.3 is 16.0 Å². The highest BCUT2D eigenvalue weighted by atomic mass is 32.2. The summed E-state index contributed by atoms with van der Waals surface area (Å²) in [6.07, 6.45) is 4.31. The van der Waals surface area contributed by atoms with Crippen LogP contribution in [0.5, 0.6) is 0 Å². The molecule has 0 aliphatic carbocycles. The Balaban J connectivity index is 2.00. The van der Waals surface area contributed by atoms with Crippen LogP contribution in [0.4, 0.5) is 5.69 Å². The molecule has 1 aliphatic rings. The summed E-state index contributed by atoms with van der Waals surface area (Å²) in [7, 11) is -3.67. The van der Waals surface area contributed by atoms with E-state index >= 15 is 0 Å². The van der Waals surface area contributed by atoms with Crippen LogP contribution in [0.25, 0.3) is 0 Å². The van der Waals surface area contributed by atoms with Crippen LogP contribution in [0.1, 0.15) is 32.1 Å². The monoisotopic (exact) mass is 382 g/mol. The van der Waals surface area contributed by atoms with Crippen LogP contribution >= 0.6 is 0 Å². The lowest BCUT2D eigenvalue weighted by Gasteiger charge is -2.24. The van der Waals surface area contributed by atoms with Crippen molar-refractivity contribution in [3.8, 4) is 0 Å². The lowest BCUT2D eigenvalue weighted by molar-refractivity contribution is -0.135. The molecule has 0 bridgehead atoms. The predicted octanol–water partition coefficient (Wildman–Crippen LogP) is 0.655. The molecule has 144 valence electrons. The highest BCUT2D eigenvalue weighted by Gasteiger charge is 2.19. The van der Waals surface area contributed by atoms with Crippen LogP contribution in [0.2, 0.25) is 0 Å². The Labute approximate surface area is 154 Å². The van der Waals surface area contributed by atoms with Crippen LogP contribution in [0.15, 0.2) is 29.2 Å². The van der Waals surface area contributed by atoms with Gasteiger partial charge >= 0.3 is 0 Å². The van der Waals surface area contributed by atoms with Gasteiger partial charge in [0.2, 0.25) is 21.8 Å². The molecule has 9 heteroatoms. The third-order valence-electron chi connectivity index (χ3n) is 4.12. The molecule has 4 N–H and O–H groups in total. The molecule has 1 aliphatic heterocycles. The second-order valence-corrected chi connectivity index (χ2v) is 8.01. The molecular formula is C17H26N4O4S. The number of hydrogen-bond donors (Lipinski definition) is 3. The number of nitrogens with one attached hydrogen (secondary N) is 2. The lowest BCUT2D eigenvalue weighted by atomic mass is 10.1. The first-order valence-corrected chi connectivity index (χ1v) is 10.3.